The van der Waals surface area contributed by atoms with Gasteiger partial charge >= 0.3 is 7.60 Å². The van der Waals surface area contributed by atoms with Gasteiger partial charge in [-0.15, -0.1) is 0 Å². The molecule has 6 N–H and O–H groups in total. The van der Waals surface area contributed by atoms with E-state index in [0.29, 0.717) is 216 Å². The second-order valence-electron chi connectivity index (χ2n) is 25.2. The molecule has 0 aliphatic rings. The van der Waals surface area contributed by atoms with Crippen LogP contribution in [0, 0.1) is 11.8 Å². The van der Waals surface area contributed by atoms with Gasteiger partial charge in [0, 0.05) is 150 Å². The Labute approximate surface area is 618 Å². The van der Waals surface area contributed by atoms with Crippen LogP contribution in [0.3, 0.4) is 0 Å². The maximum Gasteiger partial charge on any atom is 0.330 e. The zero-order valence-corrected chi connectivity index (χ0v) is 64.4. The normalized spacial score (nSPS) is 13.0. The second-order valence-corrected chi connectivity index (χ2v) is 27.6. The molecule has 608 valence electrons. The smallest absolute Gasteiger partial charge is 0.330 e. The summed E-state index contributed by atoms with van der Waals surface area (Å²) in [6.45, 7) is 12.5. The van der Waals surface area contributed by atoms with Crippen molar-refractivity contribution in [1.29, 1.82) is 0 Å². The SMILES string of the molecule is COCCOCCCC(=O)CCC(=O)NCCCCC(NC(=O)C(CCCCCC(=O)CCC(=O)NCCOCCOC)CC(=O)CCC(=O)NCCOCOC)C(=O)CCCOCCOCCOCCOCCOCCOCCOCCOCCC(=O)CCCCCC(CO)COP(=O)(O)C(C)C. The number of carbonyl (C=O) groups excluding carboxylic acids is 9. The van der Waals surface area contributed by atoms with Crippen LogP contribution in [-0.4, -0.2) is 287 Å². The third-order valence-corrected chi connectivity index (χ3v) is 17.8. The fourth-order valence-electron chi connectivity index (χ4n) is 9.69. The Morgan fingerprint density at radius 2 is 0.760 bits per heavy atom. The van der Waals surface area contributed by atoms with E-state index < -0.39 is 31.1 Å². The monoisotopic (exact) mass is 1520 g/mol. The summed E-state index contributed by atoms with van der Waals surface area (Å²) in [5.74, 6) is -2.92. The van der Waals surface area contributed by atoms with Crippen molar-refractivity contribution in [2.24, 2.45) is 11.8 Å². The molecule has 0 rings (SSSR count). The molecule has 32 heteroatoms. The number of aliphatic hydroxyl groups is 1. The lowest BCUT2D eigenvalue weighted by molar-refractivity contribution is -0.133. The van der Waals surface area contributed by atoms with Crippen molar-refractivity contribution >= 4 is 60.1 Å². The Hall–Kier alpha value is -4.22. The number of nitrogens with one attached hydrogen (secondary N) is 4. The fraction of sp³-hybridized carbons (Fsp3) is 0.875. The third kappa shape index (κ3) is 66.0. The first kappa shape index (κ1) is 99.8. The summed E-state index contributed by atoms with van der Waals surface area (Å²) in [6, 6.07) is -0.911. The Bertz CT molecular complexity index is 2220. The highest BCUT2D eigenvalue weighted by molar-refractivity contribution is 7.53. The van der Waals surface area contributed by atoms with E-state index in [0.717, 1.165) is 19.3 Å². The Morgan fingerprint density at radius 1 is 0.365 bits per heavy atom. The molecule has 0 fully saturated rings. The lowest BCUT2D eigenvalue weighted by Crippen LogP contribution is -2.44. The number of rotatable bonds is 82. The second kappa shape index (κ2) is 73.0. The van der Waals surface area contributed by atoms with Gasteiger partial charge in [0.25, 0.3) is 0 Å². The summed E-state index contributed by atoms with van der Waals surface area (Å²) in [5.41, 5.74) is -0.500. The van der Waals surface area contributed by atoms with E-state index in [9.17, 15) is 57.7 Å². The molecule has 0 aromatic carbocycles. The van der Waals surface area contributed by atoms with E-state index in [1.54, 1.807) is 28.1 Å². The van der Waals surface area contributed by atoms with Gasteiger partial charge < -0.3 is 102 Å². The summed E-state index contributed by atoms with van der Waals surface area (Å²) in [4.78, 5) is 126. The predicted molar refractivity (Wildman–Crippen MR) is 386 cm³/mol. The summed E-state index contributed by atoms with van der Waals surface area (Å²) >= 11 is 0. The number of unbranched alkanes of at least 4 members (excludes halogenated alkanes) is 5. The molecule has 0 aromatic heterocycles. The van der Waals surface area contributed by atoms with Crippen molar-refractivity contribution in [3.8, 4) is 0 Å². The minimum atomic E-state index is -3.67. The van der Waals surface area contributed by atoms with E-state index in [1.807, 2.05) is 0 Å². The van der Waals surface area contributed by atoms with Crippen molar-refractivity contribution in [3.63, 3.8) is 0 Å². The number of Topliss-reactive ketones (excluding diaryl/α,β-unsaturated/α-hetero) is 5. The number of hydrogen-bond acceptors (Lipinski definition) is 26. The predicted octanol–water partition coefficient (Wildman–Crippen LogP) is 5.33. The average Bonchev–Trinajstić information content (AvgIpc) is 0.886. The molecular weight excluding hydrogens is 1380 g/mol. The van der Waals surface area contributed by atoms with Gasteiger partial charge in [0.05, 0.1) is 157 Å². The van der Waals surface area contributed by atoms with Gasteiger partial charge in [0.15, 0.2) is 5.78 Å². The molecule has 4 amide bonds. The maximum absolute atomic E-state index is 14.2. The van der Waals surface area contributed by atoms with E-state index in [2.05, 4.69) is 21.3 Å². The van der Waals surface area contributed by atoms with Gasteiger partial charge in [-0.05, 0) is 57.8 Å². The molecule has 0 bridgehead atoms. The Kier molecular flexibility index (Phi) is 70.0. The molecule has 0 heterocycles. The first-order valence-electron chi connectivity index (χ1n) is 37.5. The Morgan fingerprint density at radius 3 is 1.23 bits per heavy atom. The summed E-state index contributed by atoms with van der Waals surface area (Å²) < 4.78 is 92.5. The van der Waals surface area contributed by atoms with Crippen LogP contribution < -0.4 is 21.3 Å². The molecule has 0 spiro atoms. The van der Waals surface area contributed by atoms with Crippen molar-refractivity contribution in [3.05, 3.63) is 0 Å². The lowest BCUT2D eigenvalue weighted by Gasteiger charge is -2.22. The van der Waals surface area contributed by atoms with Crippen LogP contribution in [0.5, 0.6) is 0 Å². The van der Waals surface area contributed by atoms with Crippen molar-refractivity contribution in [2.45, 2.75) is 186 Å². The van der Waals surface area contributed by atoms with Gasteiger partial charge in [-0.1, -0.05) is 39.5 Å². The largest absolute Gasteiger partial charge is 0.396 e. The molecular formula is C72H133N4O27P. The first-order chi connectivity index (χ1) is 50.4. The topological polar surface area (TPSA) is 398 Å². The maximum atomic E-state index is 14.2. The molecule has 0 aromatic rings. The van der Waals surface area contributed by atoms with Crippen molar-refractivity contribution < 1.29 is 129 Å². The number of amides is 4. The quantitative estimate of drug-likeness (QED) is 0.0254. The number of ether oxygens (including phenoxy) is 14. The third-order valence-electron chi connectivity index (χ3n) is 16.0. The number of carbonyl (C=O) groups is 9. The number of ketones is 5. The summed E-state index contributed by atoms with van der Waals surface area (Å²) in [5, 5.41) is 20.8. The Balaban J connectivity index is 4.85. The van der Waals surface area contributed by atoms with Crippen molar-refractivity contribution in [1.82, 2.24) is 21.3 Å². The molecule has 4 atom stereocenters. The minimum absolute atomic E-state index is 0.0321. The molecule has 4 unspecified atom stereocenters. The van der Waals surface area contributed by atoms with Crippen LogP contribution in [0.2, 0.25) is 0 Å². The molecule has 0 saturated heterocycles. The van der Waals surface area contributed by atoms with Gasteiger partial charge in [0.2, 0.25) is 23.6 Å². The van der Waals surface area contributed by atoms with Crippen LogP contribution >= 0.6 is 7.60 Å². The molecule has 104 heavy (non-hydrogen) atoms. The highest BCUT2D eigenvalue weighted by atomic mass is 31.2. The van der Waals surface area contributed by atoms with E-state index >= 15 is 0 Å². The summed E-state index contributed by atoms with van der Waals surface area (Å²) in [7, 11) is 0.960. The highest BCUT2D eigenvalue weighted by Gasteiger charge is 2.28. The zero-order valence-electron chi connectivity index (χ0n) is 63.5. The minimum Gasteiger partial charge on any atom is -0.396 e. The zero-order chi connectivity index (χ0) is 76.6. The number of methoxy groups -OCH3 is 3. The van der Waals surface area contributed by atoms with E-state index in [1.165, 1.54) is 7.11 Å². The van der Waals surface area contributed by atoms with Gasteiger partial charge in [-0.2, -0.15) is 0 Å². The van der Waals surface area contributed by atoms with Crippen LogP contribution in [0.1, 0.15) is 174 Å². The van der Waals surface area contributed by atoms with Crippen LogP contribution in [0.25, 0.3) is 0 Å². The summed E-state index contributed by atoms with van der Waals surface area (Å²) in [6.07, 6.45) is 8.27. The van der Waals surface area contributed by atoms with Gasteiger partial charge in [0.1, 0.15) is 29.9 Å². The number of aliphatic hydroxyl groups excluding tert-OH is 1. The van der Waals surface area contributed by atoms with Crippen LogP contribution in [-0.2, 0) is 119 Å². The average molecular weight is 1520 g/mol. The standard InChI is InChI=1S/C72H133N4O27P/c1-60(2)104(87,88)103-58-61(57-77)16-8-6-10-19-65(80)29-35-94-43-45-97-47-49-99-51-53-101-55-54-100-52-50-98-48-46-96-44-42-93-34-15-22-68(82)67(21-12-13-30-73-69(83)26-24-64(79)20-14-33-92-40-38-89-3)76-72(86)62(56-66(81)25-28-71(85)75-32-37-102-59-91-5)17-9-7-11-18-63(78)23-27-70(84)74-31-36-95-41-39-90-4/h60-62,67,77H,6-59H2,1-5H3,(H,73,83)(H,74,84)(H,75,85)(H,76,86)(H,87,88). The van der Waals surface area contributed by atoms with Gasteiger partial charge in [-0.25, -0.2) is 0 Å². The molecule has 0 saturated carbocycles. The van der Waals surface area contributed by atoms with Gasteiger partial charge in [-0.3, -0.25) is 47.7 Å². The van der Waals surface area contributed by atoms with Crippen LogP contribution in [0.4, 0.5) is 0 Å². The lowest BCUT2D eigenvalue weighted by atomic mass is 9.91. The van der Waals surface area contributed by atoms with E-state index in [-0.39, 0.29) is 170 Å². The first-order valence-corrected chi connectivity index (χ1v) is 39.1. The molecule has 0 radical (unpaired) electrons. The molecule has 0 aliphatic heterocycles. The van der Waals surface area contributed by atoms with Crippen molar-refractivity contribution in [2.75, 3.05) is 213 Å². The van der Waals surface area contributed by atoms with E-state index in [4.69, 9.17) is 70.8 Å². The highest BCUT2D eigenvalue weighted by Crippen LogP contribution is 2.47. The van der Waals surface area contributed by atoms with Crippen LogP contribution in [0.15, 0.2) is 0 Å². The molecule has 31 nitrogen and oxygen atoms in total. The fourth-order valence-corrected chi connectivity index (χ4v) is 10.4. The molecule has 0 aliphatic carbocycles. The number of hydrogen-bond donors (Lipinski definition) is 6.